The molecule has 0 spiro atoms. The number of hydrogen-bond acceptors (Lipinski definition) is 7. The van der Waals surface area contributed by atoms with Crippen LogP contribution in [-0.4, -0.2) is 65.9 Å². The van der Waals surface area contributed by atoms with Crippen molar-refractivity contribution in [2.75, 3.05) is 6.54 Å². The van der Waals surface area contributed by atoms with Gasteiger partial charge in [0.15, 0.2) is 11.6 Å². The van der Waals surface area contributed by atoms with Crippen LogP contribution in [0.25, 0.3) is 22.0 Å². The zero-order valence-corrected chi connectivity index (χ0v) is 23.9. The third kappa shape index (κ3) is 6.08. The average molecular weight is 647 g/mol. The van der Waals surface area contributed by atoms with Gasteiger partial charge >= 0.3 is 6.18 Å². The molecule has 14 heteroatoms. The third-order valence-corrected chi connectivity index (χ3v) is 7.36. The van der Waals surface area contributed by atoms with Crippen LogP contribution < -0.4 is 0 Å². The van der Waals surface area contributed by atoms with Gasteiger partial charge in [0, 0.05) is 42.4 Å². The molecule has 1 aliphatic heterocycles. The molecule has 1 saturated heterocycles. The highest BCUT2D eigenvalue weighted by Crippen LogP contribution is 2.32. The minimum atomic E-state index is -4.65. The molecule has 1 fully saturated rings. The van der Waals surface area contributed by atoms with E-state index in [1.165, 1.54) is 11.6 Å². The van der Waals surface area contributed by atoms with Gasteiger partial charge in [0.1, 0.15) is 28.8 Å². The van der Waals surface area contributed by atoms with Gasteiger partial charge in [-0.05, 0) is 52.7 Å². The number of Topliss-reactive ketones (excluding diaryl/α,β-unsaturated/α-hetero) is 2. The Morgan fingerprint density at radius 2 is 1.79 bits per heavy atom. The highest BCUT2D eigenvalue weighted by Gasteiger charge is 2.40. The first-order valence-electron chi connectivity index (χ1n) is 12.8. The fourth-order valence-electron chi connectivity index (χ4n) is 4.97. The molecule has 3 aromatic heterocycles. The number of amides is 1. The Morgan fingerprint density at radius 3 is 2.45 bits per heavy atom. The van der Waals surface area contributed by atoms with Crippen LogP contribution in [0.2, 0.25) is 0 Å². The number of fused-ring (bicyclic) bond motifs is 1. The number of rotatable bonds is 7. The molecule has 0 radical (unpaired) electrons. The maximum Gasteiger partial charge on any atom is 0.416 e. The van der Waals surface area contributed by atoms with E-state index in [4.69, 9.17) is 0 Å². The number of carbonyl (C=O) groups is 3. The largest absolute Gasteiger partial charge is 0.416 e. The molecule has 0 bridgehead atoms. The summed E-state index contributed by atoms with van der Waals surface area (Å²) in [5.74, 6) is -0.991. The van der Waals surface area contributed by atoms with E-state index >= 15 is 0 Å². The Morgan fingerprint density at radius 1 is 1.07 bits per heavy atom. The molecule has 5 rings (SSSR count). The maximum atomic E-state index is 14.5. The summed E-state index contributed by atoms with van der Waals surface area (Å²) in [6, 6.07) is 5.56. The summed E-state index contributed by atoms with van der Waals surface area (Å²) >= 11 is 2.93. The first kappa shape index (κ1) is 29.4. The SMILES string of the molecule is CC(=O)c1nn(CC(=O)N2C[C@H](F)C[C@H]2C(=O)Cc2cc(C(F)(F)F)cc(Br)n2)c2ccc(-c3cnc(C)nc3)cc12. The fraction of sp³-hybridized carbons (Fsp3) is 0.321. The van der Waals surface area contributed by atoms with Crippen LogP contribution in [0.1, 0.15) is 40.9 Å². The van der Waals surface area contributed by atoms with Gasteiger partial charge in [-0.3, -0.25) is 19.1 Å². The summed E-state index contributed by atoms with van der Waals surface area (Å²) in [7, 11) is 0. The van der Waals surface area contributed by atoms with Crippen LogP contribution in [0.4, 0.5) is 17.6 Å². The van der Waals surface area contributed by atoms with Gasteiger partial charge in [0.05, 0.1) is 30.1 Å². The number of ketones is 2. The van der Waals surface area contributed by atoms with Crippen molar-refractivity contribution in [2.45, 2.75) is 51.6 Å². The molecule has 4 heterocycles. The smallest absolute Gasteiger partial charge is 0.328 e. The van der Waals surface area contributed by atoms with Crippen LogP contribution in [0.3, 0.4) is 0 Å². The Balaban J connectivity index is 1.39. The lowest BCUT2D eigenvalue weighted by Gasteiger charge is -2.23. The summed E-state index contributed by atoms with van der Waals surface area (Å²) in [5.41, 5.74) is 0.912. The molecule has 0 unspecified atom stereocenters. The summed E-state index contributed by atoms with van der Waals surface area (Å²) in [4.78, 5) is 52.3. The summed E-state index contributed by atoms with van der Waals surface area (Å²) in [6.45, 7) is 2.36. The number of nitrogens with zero attached hydrogens (tertiary/aromatic N) is 6. The minimum Gasteiger partial charge on any atom is -0.328 e. The maximum absolute atomic E-state index is 14.5. The molecule has 4 aromatic rings. The van der Waals surface area contributed by atoms with Gasteiger partial charge in [0.25, 0.3) is 0 Å². The second-order valence-corrected chi connectivity index (χ2v) is 10.8. The molecule has 9 nitrogen and oxygen atoms in total. The van der Waals surface area contributed by atoms with Gasteiger partial charge in [-0.15, -0.1) is 0 Å². The highest BCUT2D eigenvalue weighted by molar-refractivity contribution is 9.10. The number of aromatic nitrogens is 5. The van der Waals surface area contributed by atoms with Crippen molar-refractivity contribution in [3.63, 3.8) is 0 Å². The lowest BCUT2D eigenvalue weighted by atomic mass is 10.0. The van der Waals surface area contributed by atoms with E-state index in [-0.39, 0.29) is 41.3 Å². The van der Waals surface area contributed by atoms with Gasteiger partial charge < -0.3 is 4.90 Å². The standard InChI is InChI=1S/C28H23BrF4N6O3/c1-14(40)27-21-5-16(17-10-34-15(2)35-11-17)3-4-22(21)39(37-27)13-26(42)38-12-19(30)8-23(38)24(41)9-20-6-18(28(31,32)33)7-25(29)36-20/h3-7,10-11,19,23H,8-9,12-13H2,1-2H3/t19-,23+/m1/s1. The fourth-order valence-corrected chi connectivity index (χ4v) is 5.44. The Labute approximate surface area is 245 Å². The second kappa shape index (κ2) is 11.3. The van der Waals surface area contributed by atoms with Crippen molar-refractivity contribution in [3.05, 3.63) is 70.1 Å². The monoisotopic (exact) mass is 646 g/mol. The van der Waals surface area contributed by atoms with Gasteiger partial charge in [-0.25, -0.2) is 19.3 Å². The molecule has 1 amide bonds. The average Bonchev–Trinajstić information content (AvgIpc) is 3.49. The van der Waals surface area contributed by atoms with Crippen molar-refractivity contribution in [2.24, 2.45) is 0 Å². The molecule has 1 aliphatic rings. The van der Waals surface area contributed by atoms with Crippen molar-refractivity contribution in [3.8, 4) is 11.1 Å². The second-order valence-electron chi connectivity index (χ2n) is 10.0. The number of hydrogen-bond donors (Lipinski definition) is 0. The molecule has 2 atom stereocenters. The van der Waals surface area contributed by atoms with Crippen LogP contribution in [0.15, 0.2) is 47.3 Å². The van der Waals surface area contributed by atoms with E-state index in [0.717, 1.165) is 28.2 Å². The number of pyridine rings is 1. The minimum absolute atomic E-state index is 0.104. The molecule has 42 heavy (non-hydrogen) atoms. The van der Waals surface area contributed by atoms with Crippen molar-refractivity contribution < 1.29 is 31.9 Å². The van der Waals surface area contributed by atoms with Crippen molar-refractivity contribution in [1.82, 2.24) is 29.6 Å². The molecule has 0 N–H and O–H groups in total. The Bertz CT molecular complexity index is 1710. The lowest BCUT2D eigenvalue weighted by molar-refractivity contribution is -0.138. The predicted molar refractivity (Wildman–Crippen MR) is 146 cm³/mol. The Kier molecular flexibility index (Phi) is 7.92. The Hall–Kier alpha value is -4.07. The normalized spacial score (nSPS) is 17.2. The van der Waals surface area contributed by atoms with Crippen molar-refractivity contribution in [1.29, 1.82) is 0 Å². The molecule has 0 saturated carbocycles. The van der Waals surface area contributed by atoms with E-state index in [0.29, 0.717) is 16.7 Å². The quantitative estimate of drug-likeness (QED) is 0.159. The number of carbonyl (C=O) groups excluding carboxylic acids is 3. The van der Waals surface area contributed by atoms with E-state index in [1.54, 1.807) is 37.5 Å². The predicted octanol–water partition coefficient (Wildman–Crippen LogP) is 4.93. The first-order chi connectivity index (χ1) is 19.8. The van der Waals surface area contributed by atoms with Gasteiger partial charge in [0.2, 0.25) is 5.91 Å². The zero-order chi connectivity index (χ0) is 30.3. The molecular weight excluding hydrogens is 624 g/mol. The van der Waals surface area contributed by atoms with Gasteiger partial charge in [-0.1, -0.05) is 6.07 Å². The first-order valence-corrected chi connectivity index (χ1v) is 13.6. The van der Waals surface area contributed by atoms with Gasteiger partial charge in [-0.2, -0.15) is 18.3 Å². The molecule has 218 valence electrons. The summed E-state index contributed by atoms with van der Waals surface area (Å²) in [5, 5.41) is 4.83. The van der Waals surface area contributed by atoms with E-state index in [9.17, 15) is 31.9 Å². The van der Waals surface area contributed by atoms with Crippen LogP contribution in [0, 0.1) is 6.92 Å². The highest BCUT2D eigenvalue weighted by atomic mass is 79.9. The van der Waals surface area contributed by atoms with Crippen LogP contribution in [0.5, 0.6) is 0 Å². The van der Waals surface area contributed by atoms with Crippen LogP contribution >= 0.6 is 15.9 Å². The number of halogens is 5. The molecule has 0 aliphatic carbocycles. The molecular formula is C28H23BrF4N6O3. The lowest BCUT2D eigenvalue weighted by Crippen LogP contribution is -2.43. The molecule has 1 aromatic carbocycles. The van der Waals surface area contributed by atoms with Crippen molar-refractivity contribution >= 4 is 44.3 Å². The number of likely N-dealkylation sites (tertiary alicyclic amines) is 1. The number of benzene rings is 1. The summed E-state index contributed by atoms with van der Waals surface area (Å²) < 4.78 is 55.4. The zero-order valence-electron chi connectivity index (χ0n) is 22.3. The van der Waals surface area contributed by atoms with Crippen LogP contribution in [-0.2, 0) is 28.7 Å². The van der Waals surface area contributed by atoms with E-state index in [2.05, 4.69) is 36.0 Å². The summed E-state index contributed by atoms with van der Waals surface area (Å²) in [6.07, 6.45) is -3.65. The topological polar surface area (TPSA) is 111 Å². The van der Waals surface area contributed by atoms with E-state index in [1.807, 2.05) is 0 Å². The number of aryl methyl sites for hydroxylation is 1. The third-order valence-electron chi connectivity index (χ3n) is 6.96. The van der Waals surface area contributed by atoms with E-state index < -0.39 is 42.1 Å². The number of alkyl halides is 4.